The molecule has 2 heterocycles. The van der Waals surface area contributed by atoms with Gasteiger partial charge in [0.15, 0.2) is 5.75 Å². The molecule has 3 aromatic carbocycles. The molecular formula is C32H31F2N3O2S. The van der Waals surface area contributed by atoms with E-state index in [2.05, 4.69) is 17.0 Å². The fraction of sp³-hybridized carbons (Fsp3) is 0.219. The van der Waals surface area contributed by atoms with E-state index in [0.717, 1.165) is 21.6 Å². The van der Waals surface area contributed by atoms with Crippen molar-refractivity contribution in [3.63, 3.8) is 0 Å². The molecule has 0 aliphatic heterocycles. The lowest BCUT2D eigenvalue weighted by Gasteiger charge is -2.18. The largest absolute Gasteiger partial charge is 0.485 e. The molecule has 206 valence electrons. The smallest absolute Gasteiger partial charge is 0.232 e. The molecular weight excluding hydrogens is 528 g/mol. The summed E-state index contributed by atoms with van der Waals surface area (Å²) >= 11 is 1.43. The molecule has 5 rings (SSSR count). The molecule has 0 atom stereocenters. The normalized spacial score (nSPS) is 11.6. The van der Waals surface area contributed by atoms with Crippen LogP contribution in [0.2, 0.25) is 0 Å². The average Bonchev–Trinajstić information content (AvgIpc) is 3.29. The van der Waals surface area contributed by atoms with Crippen molar-refractivity contribution in [3.8, 4) is 16.2 Å². The number of hydrogen-bond acceptors (Lipinski definition) is 5. The molecule has 5 nitrogen and oxygen atoms in total. The zero-order valence-corrected chi connectivity index (χ0v) is 23.5. The summed E-state index contributed by atoms with van der Waals surface area (Å²) in [6.07, 6.45) is 1.31. The van der Waals surface area contributed by atoms with Gasteiger partial charge in [-0.05, 0) is 61.9 Å². The van der Waals surface area contributed by atoms with Crippen molar-refractivity contribution in [2.24, 2.45) is 0 Å². The summed E-state index contributed by atoms with van der Waals surface area (Å²) in [5.74, 6) is -1.14. The van der Waals surface area contributed by atoms with E-state index in [1.807, 2.05) is 63.4 Å². The minimum atomic E-state index is -0.642. The van der Waals surface area contributed by atoms with Gasteiger partial charge in [0, 0.05) is 29.2 Å². The fourth-order valence-electron chi connectivity index (χ4n) is 4.82. The number of anilines is 1. The third-order valence-corrected chi connectivity index (χ3v) is 7.94. The van der Waals surface area contributed by atoms with E-state index < -0.39 is 11.6 Å². The molecule has 0 unspecified atom stereocenters. The first kappa shape index (κ1) is 27.6. The maximum Gasteiger partial charge on any atom is 0.232 e. The summed E-state index contributed by atoms with van der Waals surface area (Å²) in [7, 11) is 2.00. The second-order valence-corrected chi connectivity index (χ2v) is 11.2. The zero-order chi connectivity index (χ0) is 28.4. The third kappa shape index (κ3) is 5.78. The van der Waals surface area contributed by atoms with Gasteiger partial charge in [-0.3, -0.25) is 9.69 Å². The van der Waals surface area contributed by atoms with E-state index in [4.69, 9.17) is 10.5 Å². The van der Waals surface area contributed by atoms with E-state index >= 15 is 0 Å². The van der Waals surface area contributed by atoms with Crippen LogP contribution in [0.5, 0.6) is 5.75 Å². The Kier molecular flexibility index (Phi) is 8.00. The Hall–Kier alpha value is -4.01. The number of ether oxygens (including phenoxy) is 1. The van der Waals surface area contributed by atoms with Gasteiger partial charge >= 0.3 is 0 Å². The molecule has 40 heavy (non-hydrogen) atoms. The van der Waals surface area contributed by atoms with Gasteiger partial charge in [0.2, 0.25) is 5.43 Å². The SMILES string of the molecule is CC(C)Oc1cn(Cc2c(F)cccc2F)c2sc(-c3ccc(N)cc3)c(CN(C)Cc3ccccc3)c2c1=O. The van der Waals surface area contributed by atoms with Crippen LogP contribution in [-0.2, 0) is 19.6 Å². The number of nitrogens with zero attached hydrogens (tertiary/aromatic N) is 2. The topological polar surface area (TPSA) is 60.5 Å². The number of hydrogen-bond donors (Lipinski definition) is 1. The van der Waals surface area contributed by atoms with E-state index in [0.29, 0.717) is 29.0 Å². The summed E-state index contributed by atoms with van der Waals surface area (Å²) in [6, 6.07) is 21.4. The number of nitrogens with two attached hydrogens (primary N) is 1. The van der Waals surface area contributed by atoms with Crippen LogP contribution in [0.15, 0.2) is 83.8 Å². The van der Waals surface area contributed by atoms with E-state index in [1.54, 1.807) is 10.8 Å². The molecule has 0 bridgehead atoms. The van der Waals surface area contributed by atoms with Crippen LogP contribution < -0.4 is 15.9 Å². The highest BCUT2D eigenvalue weighted by Crippen LogP contribution is 2.39. The zero-order valence-electron chi connectivity index (χ0n) is 22.7. The highest BCUT2D eigenvalue weighted by molar-refractivity contribution is 7.22. The van der Waals surface area contributed by atoms with Crippen LogP contribution in [0.1, 0.15) is 30.5 Å². The molecule has 2 aromatic heterocycles. The van der Waals surface area contributed by atoms with Crippen molar-refractivity contribution in [3.05, 3.63) is 118 Å². The molecule has 0 aliphatic rings. The summed E-state index contributed by atoms with van der Waals surface area (Å²) in [5.41, 5.74) is 9.18. The van der Waals surface area contributed by atoms with E-state index in [9.17, 15) is 13.6 Å². The predicted octanol–water partition coefficient (Wildman–Crippen LogP) is 7.06. The van der Waals surface area contributed by atoms with Gasteiger partial charge in [-0.2, -0.15) is 0 Å². The van der Waals surface area contributed by atoms with Crippen LogP contribution >= 0.6 is 11.3 Å². The molecule has 0 spiro atoms. The Labute approximate surface area is 236 Å². The maximum absolute atomic E-state index is 14.7. The number of aromatic nitrogens is 1. The van der Waals surface area contributed by atoms with Crippen molar-refractivity contribution in [1.82, 2.24) is 9.47 Å². The quantitative estimate of drug-likeness (QED) is 0.197. The van der Waals surface area contributed by atoms with Crippen molar-refractivity contribution >= 4 is 27.2 Å². The van der Waals surface area contributed by atoms with Gasteiger partial charge < -0.3 is 15.0 Å². The molecule has 0 fully saturated rings. The minimum Gasteiger partial charge on any atom is -0.485 e. The highest BCUT2D eigenvalue weighted by Gasteiger charge is 2.24. The van der Waals surface area contributed by atoms with Crippen LogP contribution in [-0.4, -0.2) is 22.6 Å². The van der Waals surface area contributed by atoms with Gasteiger partial charge in [0.25, 0.3) is 0 Å². The van der Waals surface area contributed by atoms with E-state index in [1.165, 1.54) is 29.5 Å². The lowest BCUT2D eigenvalue weighted by atomic mass is 10.0. The van der Waals surface area contributed by atoms with Gasteiger partial charge in [-0.1, -0.05) is 48.5 Å². The molecule has 0 radical (unpaired) electrons. The molecule has 0 saturated carbocycles. The Morgan fingerprint density at radius 2 is 1.60 bits per heavy atom. The Bertz CT molecular complexity index is 1680. The Morgan fingerprint density at radius 3 is 2.25 bits per heavy atom. The molecule has 2 N–H and O–H groups in total. The summed E-state index contributed by atoms with van der Waals surface area (Å²) in [4.78, 5) is 17.6. The second kappa shape index (κ2) is 11.6. The highest BCUT2D eigenvalue weighted by atomic mass is 32.1. The molecule has 0 saturated heterocycles. The number of thiophene rings is 1. The number of rotatable bonds is 9. The van der Waals surface area contributed by atoms with Gasteiger partial charge in [-0.15, -0.1) is 11.3 Å². The van der Waals surface area contributed by atoms with Crippen LogP contribution in [0.25, 0.3) is 20.7 Å². The minimum absolute atomic E-state index is 0.0758. The van der Waals surface area contributed by atoms with E-state index in [-0.39, 0.29) is 29.4 Å². The predicted molar refractivity (Wildman–Crippen MR) is 159 cm³/mol. The molecule has 0 amide bonds. The first-order chi connectivity index (χ1) is 19.2. The number of nitrogen functional groups attached to an aromatic ring is 1. The third-order valence-electron chi connectivity index (χ3n) is 6.62. The standard InChI is InChI=1S/C32H31F2N3O2S/c1-20(2)39-28-19-37(18-24-26(33)10-7-11-27(24)34)32-29(30(28)38)25(17-36(3)16-21-8-5-4-6-9-21)31(40-32)22-12-14-23(35)15-13-22/h4-15,19-20H,16-18,35H2,1-3H3. The molecule has 5 aromatic rings. The summed E-state index contributed by atoms with van der Waals surface area (Å²) in [5, 5.41) is 0.492. The summed E-state index contributed by atoms with van der Waals surface area (Å²) in [6.45, 7) is 4.74. The average molecular weight is 560 g/mol. The number of benzene rings is 3. The number of pyridine rings is 1. The first-order valence-corrected chi connectivity index (χ1v) is 13.9. The monoisotopic (exact) mass is 559 g/mol. The Balaban J connectivity index is 1.72. The lowest BCUT2D eigenvalue weighted by Crippen LogP contribution is -2.20. The van der Waals surface area contributed by atoms with Crippen molar-refractivity contribution in [1.29, 1.82) is 0 Å². The number of halogens is 2. The lowest BCUT2D eigenvalue weighted by molar-refractivity contribution is 0.238. The second-order valence-electron chi connectivity index (χ2n) is 10.2. The van der Waals surface area contributed by atoms with Crippen molar-refractivity contribution in [2.45, 2.75) is 39.6 Å². The first-order valence-electron chi connectivity index (χ1n) is 13.1. The summed E-state index contributed by atoms with van der Waals surface area (Å²) < 4.78 is 37.1. The molecule has 0 aliphatic carbocycles. The maximum atomic E-state index is 14.7. The van der Waals surface area contributed by atoms with Gasteiger partial charge in [0.1, 0.15) is 16.5 Å². The van der Waals surface area contributed by atoms with Crippen molar-refractivity contribution < 1.29 is 13.5 Å². The van der Waals surface area contributed by atoms with Crippen LogP contribution in [0, 0.1) is 11.6 Å². The number of fused-ring (bicyclic) bond motifs is 1. The van der Waals surface area contributed by atoms with Gasteiger partial charge in [-0.25, -0.2) is 8.78 Å². The van der Waals surface area contributed by atoms with Crippen molar-refractivity contribution in [2.75, 3.05) is 12.8 Å². The molecule has 8 heteroatoms. The fourth-order valence-corrected chi connectivity index (χ4v) is 6.11. The van der Waals surface area contributed by atoms with Crippen LogP contribution in [0.3, 0.4) is 0 Å². The Morgan fingerprint density at radius 1 is 0.925 bits per heavy atom. The van der Waals surface area contributed by atoms with Crippen LogP contribution in [0.4, 0.5) is 14.5 Å². The van der Waals surface area contributed by atoms with Gasteiger partial charge in [0.05, 0.1) is 24.2 Å².